The lowest BCUT2D eigenvalue weighted by molar-refractivity contribution is 0.413. The molecule has 0 aliphatic heterocycles. The van der Waals surface area contributed by atoms with Crippen molar-refractivity contribution in [3.05, 3.63) is 66.7 Å². The molecule has 8 nitrogen and oxygen atoms in total. The zero-order chi connectivity index (χ0) is 23.1. The van der Waals surface area contributed by atoms with Crippen LogP contribution >= 0.6 is 12.2 Å². The number of hydrogen-bond acceptors (Lipinski definition) is 6. The SMILES string of the molecule is COc1ccc(NC(=S)Nc2ccc(OC)cc2S(=O)(=O)Nc2ccc(OC)cc2)cc1. The van der Waals surface area contributed by atoms with Gasteiger partial charge in [0, 0.05) is 17.4 Å². The average molecular weight is 474 g/mol. The van der Waals surface area contributed by atoms with Gasteiger partial charge in [-0.2, -0.15) is 0 Å². The third-order valence-electron chi connectivity index (χ3n) is 4.42. The number of sulfonamides is 1. The average Bonchev–Trinajstić information content (AvgIpc) is 2.80. The predicted octanol–water partition coefficient (Wildman–Crippen LogP) is 4.32. The maximum atomic E-state index is 13.1. The van der Waals surface area contributed by atoms with Gasteiger partial charge in [-0.05, 0) is 72.9 Å². The Morgan fingerprint density at radius 3 is 1.75 bits per heavy atom. The monoisotopic (exact) mass is 473 g/mol. The summed E-state index contributed by atoms with van der Waals surface area (Å²) in [5, 5.41) is 6.18. The first-order valence-electron chi connectivity index (χ1n) is 9.41. The van der Waals surface area contributed by atoms with Gasteiger partial charge in [0.2, 0.25) is 0 Å². The van der Waals surface area contributed by atoms with Crippen LogP contribution in [0.3, 0.4) is 0 Å². The van der Waals surface area contributed by atoms with Gasteiger partial charge >= 0.3 is 0 Å². The van der Waals surface area contributed by atoms with Crippen molar-refractivity contribution in [2.45, 2.75) is 4.90 Å². The fourth-order valence-corrected chi connectivity index (χ4v) is 4.25. The summed E-state index contributed by atoms with van der Waals surface area (Å²) in [6.45, 7) is 0. The van der Waals surface area contributed by atoms with Crippen LogP contribution in [-0.2, 0) is 10.0 Å². The molecule has 0 saturated heterocycles. The second-order valence-electron chi connectivity index (χ2n) is 6.50. The van der Waals surface area contributed by atoms with Crippen LogP contribution < -0.4 is 29.6 Å². The quantitative estimate of drug-likeness (QED) is 0.416. The normalized spacial score (nSPS) is 10.7. The second-order valence-corrected chi connectivity index (χ2v) is 8.56. The summed E-state index contributed by atoms with van der Waals surface area (Å²) >= 11 is 5.37. The number of nitrogens with one attached hydrogen (secondary N) is 3. The highest BCUT2D eigenvalue weighted by molar-refractivity contribution is 7.93. The van der Waals surface area contributed by atoms with Crippen LogP contribution in [0.4, 0.5) is 17.1 Å². The largest absolute Gasteiger partial charge is 0.497 e. The van der Waals surface area contributed by atoms with E-state index in [1.807, 2.05) is 0 Å². The van der Waals surface area contributed by atoms with Crippen molar-refractivity contribution in [2.75, 3.05) is 36.7 Å². The lowest BCUT2D eigenvalue weighted by Crippen LogP contribution is -2.22. The van der Waals surface area contributed by atoms with E-state index in [0.717, 1.165) is 5.69 Å². The number of anilines is 3. The van der Waals surface area contributed by atoms with Gasteiger partial charge in [-0.1, -0.05) is 0 Å². The molecule has 3 aromatic carbocycles. The second kappa shape index (κ2) is 10.2. The molecule has 0 amide bonds. The summed E-state index contributed by atoms with van der Waals surface area (Å²) in [6, 6.07) is 18.4. The van der Waals surface area contributed by atoms with Gasteiger partial charge in [-0.25, -0.2) is 8.42 Å². The van der Waals surface area contributed by atoms with E-state index in [9.17, 15) is 8.42 Å². The minimum absolute atomic E-state index is 0.0217. The number of thiocarbonyl (C=S) groups is 1. The van der Waals surface area contributed by atoms with E-state index in [-0.39, 0.29) is 15.7 Å². The summed E-state index contributed by atoms with van der Waals surface area (Å²) in [5.41, 5.74) is 1.40. The number of ether oxygens (including phenoxy) is 3. The molecular formula is C22H23N3O5S2. The van der Waals surface area contributed by atoms with E-state index >= 15 is 0 Å². The van der Waals surface area contributed by atoms with Gasteiger partial charge in [0.15, 0.2) is 5.11 Å². The van der Waals surface area contributed by atoms with Crippen molar-refractivity contribution in [1.29, 1.82) is 0 Å². The Balaban J connectivity index is 1.83. The van der Waals surface area contributed by atoms with Crippen LogP contribution in [0.15, 0.2) is 71.6 Å². The lowest BCUT2D eigenvalue weighted by atomic mass is 10.3. The summed E-state index contributed by atoms with van der Waals surface area (Å²) in [4.78, 5) is -0.0217. The summed E-state index contributed by atoms with van der Waals surface area (Å²) in [5.74, 6) is 1.72. The highest BCUT2D eigenvalue weighted by atomic mass is 32.2. The van der Waals surface area contributed by atoms with Crippen LogP contribution in [-0.4, -0.2) is 34.9 Å². The summed E-state index contributed by atoms with van der Waals surface area (Å²) < 4.78 is 44.3. The number of hydrogen-bond donors (Lipinski definition) is 3. The first-order chi connectivity index (χ1) is 15.3. The lowest BCUT2D eigenvalue weighted by Gasteiger charge is -2.16. The maximum absolute atomic E-state index is 13.1. The van der Waals surface area contributed by atoms with Gasteiger partial charge < -0.3 is 24.8 Å². The predicted molar refractivity (Wildman–Crippen MR) is 130 cm³/mol. The molecule has 0 radical (unpaired) electrons. The molecule has 3 N–H and O–H groups in total. The molecule has 0 aliphatic rings. The minimum Gasteiger partial charge on any atom is -0.497 e. The molecule has 0 spiro atoms. The molecule has 32 heavy (non-hydrogen) atoms. The highest BCUT2D eigenvalue weighted by Crippen LogP contribution is 2.29. The molecule has 0 aliphatic carbocycles. The van der Waals surface area contributed by atoms with Crippen LogP contribution in [0.1, 0.15) is 0 Å². The van der Waals surface area contributed by atoms with Crippen LogP contribution in [0.2, 0.25) is 0 Å². The van der Waals surface area contributed by atoms with E-state index in [4.69, 9.17) is 26.4 Å². The zero-order valence-corrected chi connectivity index (χ0v) is 19.3. The molecule has 0 heterocycles. The van der Waals surface area contributed by atoms with E-state index in [0.29, 0.717) is 22.9 Å². The molecule has 10 heteroatoms. The molecule has 0 aromatic heterocycles. The zero-order valence-electron chi connectivity index (χ0n) is 17.7. The van der Waals surface area contributed by atoms with Crippen molar-refractivity contribution in [3.8, 4) is 17.2 Å². The Bertz CT molecular complexity index is 1180. The fraction of sp³-hybridized carbons (Fsp3) is 0.136. The van der Waals surface area contributed by atoms with Crippen LogP contribution in [0.5, 0.6) is 17.2 Å². The van der Waals surface area contributed by atoms with E-state index in [2.05, 4.69) is 15.4 Å². The van der Waals surface area contributed by atoms with E-state index in [1.165, 1.54) is 20.3 Å². The topological polar surface area (TPSA) is 97.9 Å². The third kappa shape index (κ3) is 5.80. The van der Waals surface area contributed by atoms with Gasteiger partial charge in [0.25, 0.3) is 10.0 Å². The van der Waals surface area contributed by atoms with E-state index < -0.39 is 10.0 Å². The van der Waals surface area contributed by atoms with Crippen molar-refractivity contribution in [1.82, 2.24) is 0 Å². The smallest absolute Gasteiger partial charge is 0.264 e. The van der Waals surface area contributed by atoms with Gasteiger partial charge in [0.1, 0.15) is 22.1 Å². The van der Waals surface area contributed by atoms with Crippen molar-refractivity contribution >= 4 is 44.4 Å². The molecule has 0 unspecified atom stereocenters. The molecule has 0 bridgehead atoms. The standard InChI is InChI=1S/C22H23N3O5S2/c1-28-17-8-4-15(5-9-17)23-22(31)24-20-13-12-19(30-3)14-21(20)32(26,27)25-16-6-10-18(29-2)11-7-16/h4-14,25H,1-3H3,(H2,23,24,31). The molecule has 0 saturated carbocycles. The number of rotatable bonds is 8. The molecule has 3 aromatic rings. The summed E-state index contributed by atoms with van der Waals surface area (Å²) in [6.07, 6.45) is 0. The van der Waals surface area contributed by atoms with Crippen molar-refractivity contribution < 1.29 is 22.6 Å². The van der Waals surface area contributed by atoms with Gasteiger partial charge in [0.05, 0.1) is 27.0 Å². The summed E-state index contributed by atoms with van der Waals surface area (Å²) in [7, 11) is 0.625. The van der Waals surface area contributed by atoms with Crippen LogP contribution in [0, 0.1) is 0 Å². The Morgan fingerprint density at radius 1 is 0.719 bits per heavy atom. The Labute approximate surface area is 192 Å². The first kappa shape index (κ1) is 23.2. The first-order valence-corrected chi connectivity index (χ1v) is 11.3. The highest BCUT2D eigenvalue weighted by Gasteiger charge is 2.21. The third-order valence-corrected chi connectivity index (χ3v) is 6.04. The van der Waals surface area contributed by atoms with Crippen LogP contribution in [0.25, 0.3) is 0 Å². The van der Waals surface area contributed by atoms with Gasteiger partial charge in [-0.3, -0.25) is 4.72 Å². The fourth-order valence-electron chi connectivity index (χ4n) is 2.78. The molecule has 168 valence electrons. The Morgan fingerprint density at radius 2 is 1.22 bits per heavy atom. The number of benzene rings is 3. The molecule has 0 fully saturated rings. The van der Waals surface area contributed by atoms with E-state index in [1.54, 1.807) is 67.8 Å². The molecular weight excluding hydrogens is 450 g/mol. The minimum atomic E-state index is -3.96. The Kier molecular flexibility index (Phi) is 7.39. The molecule has 0 atom stereocenters. The Hall–Kier alpha value is -3.50. The van der Waals surface area contributed by atoms with Crippen molar-refractivity contribution in [2.24, 2.45) is 0 Å². The number of methoxy groups -OCH3 is 3. The van der Waals surface area contributed by atoms with Gasteiger partial charge in [-0.15, -0.1) is 0 Å². The van der Waals surface area contributed by atoms with Crippen molar-refractivity contribution in [3.63, 3.8) is 0 Å². The maximum Gasteiger partial charge on any atom is 0.264 e. The molecule has 3 rings (SSSR count).